The molecule has 8 nitrogen and oxygen atoms in total. The largest absolute Gasteiger partial charge is 0.489 e. The molecule has 0 radical (unpaired) electrons. The van der Waals surface area contributed by atoms with Crippen molar-refractivity contribution in [3.63, 3.8) is 0 Å². The van der Waals surface area contributed by atoms with Crippen LogP contribution in [0.4, 0.5) is 0 Å². The number of piperazine rings is 2. The fourth-order valence-electron chi connectivity index (χ4n) is 7.70. The lowest BCUT2D eigenvalue weighted by molar-refractivity contribution is 0.192. The van der Waals surface area contributed by atoms with Gasteiger partial charge in [0.05, 0.1) is 23.3 Å². The normalized spacial score (nSPS) is 16.2. The van der Waals surface area contributed by atoms with Crippen molar-refractivity contribution >= 4 is 28.5 Å². The Balaban J connectivity index is 0.000000188. The molecule has 2 fully saturated rings. The van der Waals surface area contributed by atoms with E-state index in [1.165, 1.54) is 34.4 Å². The summed E-state index contributed by atoms with van der Waals surface area (Å²) in [7, 11) is -1.56. The van der Waals surface area contributed by atoms with Crippen molar-refractivity contribution in [2.75, 3.05) is 39.3 Å². The van der Waals surface area contributed by atoms with Gasteiger partial charge in [0.25, 0.3) is 0 Å². The predicted molar refractivity (Wildman–Crippen MR) is 253 cm³/mol. The average molecular weight is 876 g/mol. The molecular weight excluding hydrogens is 819 g/mol. The lowest BCUT2D eigenvalue weighted by Crippen LogP contribution is -2.51. The molecule has 6 aromatic rings. The quantitative estimate of drug-likeness (QED) is 0.104. The molecule has 2 atom stereocenters. The van der Waals surface area contributed by atoms with E-state index in [2.05, 4.69) is 152 Å². The van der Waals surface area contributed by atoms with Crippen LogP contribution in [0.2, 0.25) is 0 Å². The van der Waals surface area contributed by atoms with Crippen molar-refractivity contribution in [2.45, 2.75) is 45.4 Å². The molecule has 0 aliphatic carbocycles. The summed E-state index contributed by atoms with van der Waals surface area (Å²) < 4.78 is 1.15. The van der Waals surface area contributed by atoms with Crippen LogP contribution in [0.5, 0.6) is 0 Å². The molecule has 10 heteroatoms. The summed E-state index contributed by atoms with van der Waals surface area (Å²) in [6.07, 6.45) is 2.18. The zero-order chi connectivity index (χ0) is 41.9. The zero-order valence-electron chi connectivity index (χ0n) is 33.9. The molecule has 61 heavy (non-hydrogen) atoms. The van der Waals surface area contributed by atoms with Gasteiger partial charge < -0.3 is 20.7 Å². The van der Waals surface area contributed by atoms with Crippen LogP contribution in [-0.2, 0) is 25.9 Å². The third-order valence-electron chi connectivity index (χ3n) is 10.7. The number of hydrogen-bond acceptors (Lipinski definition) is 8. The number of benzene rings is 6. The smallest absolute Gasteiger partial charge is 0.423 e. The minimum atomic E-state index is -1.56. The van der Waals surface area contributed by atoms with Crippen molar-refractivity contribution in [1.29, 1.82) is 10.5 Å². The Morgan fingerprint density at radius 1 is 0.557 bits per heavy atom. The van der Waals surface area contributed by atoms with Crippen molar-refractivity contribution < 1.29 is 10.0 Å². The summed E-state index contributed by atoms with van der Waals surface area (Å²) in [5, 5.41) is 42.6. The van der Waals surface area contributed by atoms with Crippen LogP contribution in [0, 0.1) is 22.7 Å². The van der Waals surface area contributed by atoms with Gasteiger partial charge in [-0.05, 0) is 76.0 Å². The van der Waals surface area contributed by atoms with Gasteiger partial charge in [0.2, 0.25) is 0 Å². The Labute approximate surface area is 371 Å². The third-order valence-corrected chi connectivity index (χ3v) is 11.3. The highest BCUT2D eigenvalue weighted by atomic mass is 79.9. The summed E-state index contributed by atoms with van der Waals surface area (Å²) in [5.41, 5.74) is 8.88. The number of nitrogens with zero attached hydrogens (tertiary/aromatic N) is 4. The van der Waals surface area contributed by atoms with Crippen molar-refractivity contribution in [2.24, 2.45) is 0 Å². The SMILES string of the molecule is Brc1ccc(CN2CCN[C@@H](Cc3ccccc3)C2)cc1.C.N#Cc1ccccc1-c1ccc(CN2CCN[C@@H](Cc3ccccc3)C2)cc1.N#Cc1ccccc1B(O)O. The van der Waals surface area contributed by atoms with Crippen LogP contribution in [-0.4, -0.2) is 78.3 Å². The van der Waals surface area contributed by atoms with Crippen LogP contribution >= 0.6 is 15.9 Å². The molecule has 2 heterocycles. The van der Waals surface area contributed by atoms with E-state index in [1.807, 2.05) is 30.3 Å². The van der Waals surface area contributed by atoms with Gasteiger partial charge in [0.15, 0.2) is 0 Å². The molecule has 2 saturated heterocycles. The Hall–Kier alpha value is -5.40. The molecule has 2 aliphatic rings. The van der Waals surface area contributed by atoms with Gasteiger partial charge >= 0.3 is 7.12 Å². The van der Waals surface area contributed by atoms with Crippen molar-refractivity contribution in [3.05, 3.63) is 196 Å². The minimum Gasteiger partial charge on any atom is -0.423 e. The molecule has 8 rings (SSSR count). The van der Waals surface area contributed by atoms with Crippen LogP contribution in [0.3, 0.4) is 0 Å². The Morgan fingerprint density at radius 3 is 1.48 bits per heavy atom. The standard InChI is InChI=1S/C25H25N3.C18H21BrN2.C7H6BNO2.CH4/c26-17-23-8-4-5-9-25(23)22-12-10-21(11-13-22)18-28-15-14-27-24(19-28)16-20-6-2-1-3-7-20;19-17-8-6-16(7-9-17)13-21-11-10-20-18(14-21)12-15-4-2-1-3-5-15;9-5-6-3-1-2-4-7(6)8(10)11;/h1-13,24,27H,14-16,18-19H2;1-9,18,20H,10-14H2;1-4,10-11H;1H4/t24-;18-;;/m00../s1. The first-order chi connectivity index (χ1) is 29.4. The molecule has 0 bridgehead atoms. The fraction of sp³-hybridized carbons (Fsp3) is 0.255. The van der Waals surface area contributed by atoms with E-state index in [9.17, 15) is 5.26 Å². The molecule has 312 valence electrons. The number of nitriles is 2. The van der Waals surface area contributed by atoms with Gasteiger partial charge in [0, 0.05) is 68.9 Å². The second kappa shape index (κ2) is 24.8. The highest BCUT2D eigenvalue weighted by Crippen LogP contribution is 2.24. The first-order valence-corrected chi connectivity index (χ1v) is 21.3. The predicted octanol–water partition coefficient (Wildman–Crippen LogP) is 7.58. The molecule has 4 N–H and O–H groups in total. The van der Waals surface area contributed by atoms with Crippen LogP contribution < -0.4 is 16.1 Å². The number of halogens is 1. The van der Waals surface area contributed by atoms with Gasteiger partial charge in [-0.3, -0.25) is 9.80 Å². The molecular formula is C51H56BBrN6O2. The lowest BCUT2D eigenvalue weighted by Gasteiger charge is -2.34. The summed E-state index contributed by atoms with van der Waals surface area (Å²) in [6, 6.07) is 58.1. The van der Waals surface area contributed by atoms with E-state index in [1.54, 1.807) is 12.1 Å². The third kappa shape index (κ3) is 14.9. The van der Waals surface area contributed by atoms with Gasteiger partial charge in [-0.15, -0.1) is 0 Å². The Morgan fingerprint density at radius 2 is 1.00 bits per heavy atom. The zero-order valence-corrected chi connectivity index (χ0v) is 35.5. The molecule has 0 amide bonds. The highest BCUT2D eigenvalue weighted by molar-refractivity contribution is 9.10. The van der Waals surface area contributed by atoms with E-state index < -0.39 is 7.12 Å². The Bertz CT molecular complexity index is 2280. The second-order valence-corrected chi connectivity index (χ2v) is 16.1. The lowest BCUT2D eigenvalue weighted by atomic mass is 9.77. The summed E-state index contributed by atoms with van der Waals surface area (Å²) in [5.74, 6) is 0. The molecule has 0 unspecified atom stereocenters. The number of rotatable bonds is 10. The molecule has 6 aromatic carbocycles. The van der Waals surface area contributed by atoms with E-state index in [4.69, 9.17) is 15.3 Å². The maximum Gasteiger partial charge on any atom is 0.489 e. The molecule has 0 spiro atoms. The van der Waals surface area contributed by atoms with Crippen molar-refractivity contribution in [3.8, 4) is 23.3 Å². The monoisotopic (exact) mass is 874 g/mol. The van der Waals surface area contributed by atoms with Gasteiger partial charge in [-0.2, -0.15) is 10.5 Å². The second-order valence-electron chi connectivity index (χ2n) is 15.2. The fourth-order valence-corrected chi connectivity index (χ4v) is 7.96. The van der Waals surface area contributed by atoms with Crippen molar-refractivity contribution in [1.82, 2.24) is 20.4 Å². The summed E-state index contributed by atoms with van der Waals surface area (Å²) >= 11 is 3.49. The van der Waals surface area contributed by atoms with E-state index in [0.29, 0.717) is 17.6 Å². The number of nitrogens with one attached hydrogen (secondary N) is 2. The summed E-state index contributed by atoms with van der Waals surface area (Å²) in [4.78, 5) is 5.08. The van der Waals surface area contributed by atoms with Gasteiger partial charge in [-0.1, -0.05) is 157 Å². The van der Waals surface area contributed by atoms with E-state index in [0.717, 1.165) is 86.4 Å². The first kappa shape index (κ1) is 46.7. The van der Waals surface area contributed by atoms with Gasteiger partial charge in [0.1, 0.15) is 0 Å². The van der Waals surface area contributed by atoms with Crippen LogP contribution in [0.1, 0.15) is 40.8 Å². The maximum absolute atomic E-state index is 9.32. The molecule has 0 saturated carbocycles. The number of hydrogen-bond donors (Lipinski definition) is 4. The first-order valence-electron chi connectivity index (χ1n) is 20.5. The topological polar surface area (TPSA) is 119 Å². The van der Waals surface area contributed by atoms with Gasteiger partial charge in [-0.25, -0.2) is 0 Å². The van der Waals surface area contributed by atoms with Crippen LogP contribution in [0.15, 0.2) is 162 Å². The highest BCUT2D eigenvalue weighted by Gasteiger charge is 2.21. The summed E-state index contributed by atoms with van der Waals surface area (Å²) in [6.45, 7) is 8.50. The Kier molecular flexibility index (Phi) is 18.9. The van der Waals surface area contributed by atoms with E-state index >= 15 is 0 Å². The molecule has 2 aliphatic heterocycles. The molecule has 0 aromatic heterocycles. The minimum absolute atomic E-state index is 0. The average Bonchev–Trinajstić information content (AvgIpc) is 3.29. The van der Waals surface area contributed by atoms with E-state index in [-0.39, 0.29) is 12.9 Å². The van der Waals surface area contributed by atoms with Crippen LogP contribution in [0.25, 0.3) is 11.1 Å². The maximum atomic E-state index is 9.32.